The third kappa shape index (κ3) is 4.27. The van der Waals surface area contributed by atoms with Gasteiger partial charge in [-0.25, -0.2) is 4.79 Å². The molecule has 2 nitrogen and oxygen atoms in total. The predicted octanol–water partition coefficient (Wildman–Crippen LogP) is 3.60. The summed E-state index contributed by atoms with van der Waals surface area (Å²) in [6.07, 6.45) is 3.72. The molecule has 0 atom stereocenters. The summed E-state index contributed by atoms with van der Waals surface area (Å²) in [4.78, 5) is 11.4. The van der Waals surface area contributed by atoms with Gasteiger partial charge in [-0.3, -0.25) is 0 Å². The molecule has 1 aromatic carbocycles. The molecule has 0 bridgehead atoms. The van der Waals surface area contributed by atoms with Crippen LogP contribution < -0.4 is 0 Å². The fourth-order valence-electron chi connectivity index (χ4n) is 1.36. The highest BCUT2D eigenvalue weighted by molar-refractivity contribution is 5.88. The van der Waals surface area contributed by atoms with Crippen molar-refractivity contribution in [1.29, 1.82) is 0 Å². The second-order valence-electron chi connectivity index (χ2n) is 3.79. The van der Waals surface area contributed by atoms with Gasteiger partial charge in [-0.15, -0.1) is 0 Å². The fraction of sp³-hybridized carbons (Fsp3) is 0.267. The number of allylic oxidation sites excluding steroid dienone is 3. The number of rotatable bonds is 4. The zero-order valence-electron chi connectivity index (χ0n) is 10.6. The van der Waals surface area contributed by atoms with E-state index in [1.165, 1.54) is 0 Å². The number of benzene rings is 1. The molecule has 0 radical (unpaired) electrons. The molecule has 1 aromatic rings. The summed E-state index contributed by atoms with van der Waals surface area (Å²) < 4.78 is 4.91. The summed E-state index contributed by atoms with van der Waals surface area (Å²) in [5.74, 6) is -0.260. The van der Waals surface area contributed by atoms with Crippen molar-refractivity contribution < 1.29 is 9.53 Å². The van der Waals surface area contributed by atoms with Crippen LogP contribution in [0.1, 0.15) is 26.3 Å². The van der Waals surface area contributed by atoms with E-state index in [2.05, 4.69) is 0 Å². The first-order chi connectivity index (χ1) is 8.15. The molecular formula is C15H18O2. The van der Waals surface area contributed by atoms with E-state index in [9.17, 15) is 4.79 Å². The fourth-order valence-corrected chi connectivity index (χ4v) is 1.36. The molecule has 0 aliphatic carbocycles. The van der Waals surface area contributed by atoms with Gasteiger partial charge in [0.1, 0.15) is 0 Å². The van der Waals surface area contributed by atoms with Crippen LogP contribution >= 0.6 is 0 Å². The Bertz CT molecular complexity index is 427. The lowest BCUT2D eigenvalue weighted by molar-refractivity contribution is -0.138. The Morgan fingerprint density at radius 3 is 2.41 bits per heavy atom. The van der Waals surface area contributed by atoms with Crippen molar-refractivity contribution in [3.05, 3.63) is 53.6 Å². The molecule has 2 heteroatoms. The first-order valence-corrected chi connectivity index (χ1v) is 5.73. The summed E-state index contributed by atoms with van der Waals surface area (Å²) in [7, 11) is 0. The summed E-state index contributed by atoms with van der Waals surface area (Å²) in [5.41, 5.74) is 2.89. The third-order valence-corrected chi connectivity index (χ3v) is 2.41. The molecule has 0 spiro atoms. The first-order valence-electron chi connectivity index (χ1n) is 5.73. The highest BCUT2D eigenvalue weighted by Gasteiger charge is 2.02. The minimum absolute atomic E-state index is 0.260. The second-order valence-corrected chi connectivity index (χ2v) is 3.79. The van der Waals surface area contributed by atoms with Crippen LogP contribution in [0.15, 0.2) is 48.1 Å². The molecule has 0 fully saturated rings. The summed E-state index contributed by atoms with van der Waals surface area (Å²) in [6, 6.07) is 10.1. The maximum atomic E-state index is 11.4. The zero-order valence-corrected chi connectivity index (χ0v) is 10.6. The van der Waals surface area contributed by atoms with Crippen LogP contribution in [0.4, 0.5) is 0 Å². The molecule has 0 saturated heterocycles. The Morgan fingerprint density at radius 1 is 1.18 bits per heavy atom. The van der Waals surface area contributed by atoms with Crippen LogP contribution in [-0.4, -0.2) is 12.6 Å². The van der Waals surface area contributed by atoms with E-state index in [1.807, 2.05) is 43.3 Å². The Labute approximate surface area is 103 Å². The van der Waals surface area contributed by atoms with Crippen molar-refractivity contribution in [3.63, 3.8) is 0 Å². The third-order valence-electron chi connectivity index (χ3n) is 2.41. The smallest absolute Gasteiger partial charge is 0.333 e. The lowest BCUT2D eigenvalue weighted by Crippen LogP contribution is -2.04. The summed E-state index contributed by atoms with van der Waals surface area (Å²) in [6.45, 7) is 5.98. The van der Waals surface area contributed by atoms with Gasteiger partial charge in [0.15, 0.2) is 0 Å². The lowest BCUT2D eigenvalue weighted by Gasteiger charge is -2.01. The minimum atomic E-state index is -0.260. The van der Waals surface area contributed by atoms with E-state index in [0.29, 0.717) is 12.2 Å². The van der Waals surface area contributed by atoms with Gasteiger partial charge in [0.05, 0.1) is 6.61 Å². The Hall–Kier alpha value is -1.83. The van der Waals surface area contributed by atoms with Crippen molar-refractivity contribution in [3.8, 4) is 0 Å². The van der Waals surface area contributed by atoms with Crippen molar-refractivity contribution in [1.82, 2.24) is 0 Å². The van der Waals surface area contributed by atoms with Gasteiger partial charge in [0, 0.05) is 5.57 Å². The highest BCUT2D eigenvalue weighted by Crippen LogP contribution is 2.13. The number of ether oxygens (including phenoxy) is 1. The summed E-state index contributed by atoms with van der Waals surface area (Å²) >= 11 is 0. The van der Waals surface area contributed by atoms with E-state index in [4.69, 9.17) is 4.74 Å². The van der Waals surface area contributed by atoms with Crippen LogP contribution in [0.5, 0.6) is 0 Å². The van der Waals surface area contributed by atoms with Gasteiger partial charge in [-0.2, -0.15) is 0 Å². The number of hydrogen-bond acceptors (Lipinski definition) is 2. The van der Waals surface area contributed by atoms with E-state index < -0.39 is 0 Å². The normalized spacial score (nSPS) is 12.4. The van der Waals surface area contributed by atoms with Gasteiger partial charge in [0.25, 0.3) is 0 Å². The monoisotopic (exact) mass is 230 g/mol. The van der Waals surface area contributed by atoms with Crippen LogP contribution in [0, 0.1) is 0 Å². The van der Waals surface area contributed by atoms with E-state index in [-0.39, 0.29) is 5.97 Å². The van der Waals surface area contributed by atoms with E-state index in [0.717, 1.165) is 11.1 Å². The molecular weight excluding hydrogens is 212 g/mol. The topological polar surface area (TPSA) is 26.3 Å². The number of carbonyl (C=O) groups excluding carboxylic acids is 1. The van der Waals surface area contributed by atoms with Crippen molar-refractivity contribution in [2.24, 2.45) is 0 Å². The van der Waals surface area contributed by atoms with Crippen LogP contribution in [0.25, 0.3) is 5.57 Å². The Kier molecular flexibility index (Phi) is 5.21. The highest BCUT2D eigenvalue weighted by atomic mass is 16.5. The van der Waals surface area contributed by atoms with Crippen LogP contribution in [0.2, 0.25) is 0 Å². The molecule has 0 saturated carbocycles. The average Bonchev–Trinajstić information content (AvgIpc) is 2.36. The number of hydrogen-bond donors (Lipinski definition) is 0. The van der Waals surface area contributed by atoms with Gasteiger partial charge < -0.3 is 4.74 Å². The largest absolute Gasteiger partial charge is 0.463 e. The lowest BCUT2D eigenvalue weighted by atomic mass is 10.1. The Morgan fingerprint density at radius 2 is 1.82 bits per heavy atom. The van der Waals surface area contributed by atoms with Crippen molar-refractivity contribution >= 4 is 11.5 Å². The Balaban J connectivity index is 2.77. The predicted molar refractivity (Wildman–Crippen MR) is 70.5 cm³/mol. The molecule has 0 aromatic heterocycles. The summed E-state index contributed by atoms with van der Waals surface area (Å²) in [5, 5.41) is 0. The second kappa shape index (κ2) is 6.69. The van der Waals surface area contributed by atoms with Crippen LogP contribution in [0.3, 0.4) is 0 Å². The van der Waals surface area contributed by atoms with Gasteiger partial charge in [-0.1, -0.05) is 42.5 Å². The SMILES string of the molecule is CCOC(=O)/C(C)=C/C=C(\C)c1ccccc1. The van der Waals surface area contributed by atoms with Crippen molar-refractivity contribution in [2.75, 3.05) is 6.61 Å². The first kappa shape index (κ1) is 13.2. The standard InChI is InChI=1S/C15H18O2/c1-4-17-15(16)13(3)11-10-12(2)14-8-6-5-7-9-14/h5-11H,4H2,1-3H3/b12-10+,13-11+. The van der Waals surface area contributed by atoms with Crippen LogP contribution in [-0.2, 0) is 9.53 Å². The minimum Gasteiger partial charge on any atom is -0.463 e. The molecule has 0 aliphatic rings. The maximum Gasteiger partial charge on any atom is 0.333 e. The molecule has 90 valence electrons. The maximum absolute atomic E-state index is 11.4. The molecule has 0 amide bonds. The molecule has 0 unspecified atom stereocenters. The molecule has 1 rings (SSSR count). The van der Waals surface area contributed by atoms with Gasteiger partial charge >= 0.3 is 5.97 Å². The molecule has 0 heterocycles. The number of esters is 1. The zero-order chi connectivity index (χ0) is 12.7. The molecule has 0 N–H and O–H groups in total. The molecule has 17 heavy (non-hydrogen) atoms. The van der Waals surface area contributed by atoms with E-state index >= 15 is 0 Å². The average molecular weight is 230 g/mol. The molecule has 0 aliphatic heterocycles. The van der Waals surface area contributed by atoms with Crippen molar-refractivity contribution in [2.45, 2.75) is 20.8 Å². The quantitative estimate of drug-likeness (QED) is 0.449. The number of carbonyl (C=O) groups is 1. The van der Waals surface area contributed by atoms with Gasteiger partial charge in [-0.05, 0) is 31.9 Å². The van der Waals surface area contributed by atoms with Gasteiger partial charge in [0.2, 0.25) is 0 Å². The van der Waals surface area contributed by atoms with E-state index in [1.54, 1.807) is 19.9 Å².